The summed E-state index contributed by atoms with van der Waals surface area (Å²) < 4.78 is 98.7. The molecule has 2 unspecified atom stereocenters. The first-order valence-corrected chi connectivity index (χ1v) is 13.2. The minimum absolute atomic E-state index is 0.141. The summed E-state index contributed by atoms with van der Waals surface area (Å²) in [6.45, 7) is 5.24. The second kappa shape index (κ2) is 11.3. The van der Waals surface area contributed by atoms with Crippen LogP contribution in [0.25, 0.3) is 6.08 Å². The van der Waals surface area contributed by atoms with Crippen molar-refractivity contribution >= 4 is 23.8 Å². The van der Waals surface area contributed by atoms with Crippen molar-refractivity contribution in [1.82, 2.24) is 0 Å². The van der Waals surface area contributed by atoms with Gasteiger partial charge in [-0.3, -0.25) is 0 Å². The van der Waals surface area contributed by atoms with Crippen LogP contribution in [0.15, 0.2) is 71.6 Å². The van der Waals surface area contributed by atoms with Crippen molar-refractivity contribution < 1.29 is 45.3 Å². The minimum Gasteiger partial charge on any atom is -0.497 e. The molecule has 218 valence electrons. The van der Waals surface area contributed by atoms with Crippen LogP contribution < -0.4 is 9.47 Å². The zero-order valence-electron chi connectivity index (χ0n) is 22.4. The summed E-state index contributed by atoms with van der Waals surface area (Å²) in [4.78, 5) is 12.5. The normalized spacial score (nSPS) is 17.4. The molecular formula is C30H26F6O4S. The zero-order valence-corrected chi connectivity index (χ0v) is 23.2. The van der Waals surface area contributed by atoms with Gasteiger partial charge < -0.3 is 14.2 Å². The lowest BCUT2D eigenvalue weighted by atomic mass is 9.95. The quantitative estimate of drug-likeness (QED) is 0.161. The van der Waals surface area contributed by atoms with Crippen LogP contribution in [0.3, 0.4) is 0 Å². The molecule has 11 heteroatoms. The SMILES string of the molecule is COc1ccc2c(c1)SC(c1ccc(C(F)(F)F)cc1C(F)(F)F)C2Oc1ccc(/C=C/C(=O)OC(C)(C)C)cc1. The number of thioether (sulfide) groups is 1. The highest BCUT2D eigenvalue weighted by molar-refractivity contribution is 8.00. The van der Waals surface area contributed by atoms with Gasteiger partial charge in [-0.2, -0.15) is 26.3 Å². The number of carbonyl (C=O) groups excluding carboxylic acids is 1. The fraction of sp³-hybridized carbons (Fsp3) is 0.300. The molecule has 41 heavy (non-hydrogen) atoms. The van der Waals surface area contributed by atoms with Crippen LogP contribution in [0.2, 0.25) is 0 Å². The van der Waals surface area contributed by atoms with E-state index in [4.69, 9.17) is 14.2 Å². The van der Waals surface area contributed by atoms with Crippen LogP contribution in [0.1, 0.15) is 59.9 Å². The number of benzene rings is 3. The molecule has 3 aromatic carbocycles. The first-order valence-electron chi connectivity index (χ1n) is 12.4. The minimum atomic E-state index is -5.03. The van der Waals surface area contributed by atoms with Gasteiger partial charge in [-0.1, -0.05) is 24.3 Å². The van der Waals surface area contributed by atoms with Gasteiger partial charge in [-0.15, -0.1) is 11.8 Å². The van der Waals surface area contributed by atoms with E-state index < -0.39 is 46.4 Å². The van der Waals surface area contributed by atoms with Gasteiger partial charge in [0.15, 0.2) is 0 Å². The number of hydrogen-bond donors (Lipinski definition) is 0. The van der Waals surface area contributed by atoms with Crippen LogP contribution in [-0.4, -0.2) is 18.7 Å². The van der Waals surface area contributed by atoms with Gasteiger partial charge >= 0.3 is 18.3 Å². The molecule has 0 aromatic heterocycles. The van der Waals surface area contributed by atoms with E-state index in [0.29, 0.717) is 33.6 Å². The molecule has 0 saturated carbocycles. The predicted octanol–water partition coefficient (Wildman–Crippen LogP) is 9.05. The molecule has 0 amide bonds. The second-order valence-electron chi connectivity index (χ2n) is 10.2. The maximum absolute atomic E-state index is 14.1. The Labute approximate surface area is 237 Å². The second-order valence-corrected chi connectivity index (χ2v) is 11.4. The molecule has 0 bridgehead atoms. The summed E-state index contributed by atoms with van der Waals surface area (Å²) in [5.41, 5.74) is -2.51. The maximum Gasteiger partial charge on any atom is 0.416 e. The lowest BCUT2D eigenvalue weighted by molar-refractivity contribution is -0.148. The molecule has 1 heterocycles. The molecule has 0 saturated heterocycles. The number of rotatable bonds is 6. The van der Waals surface area contributed by atoms with Crippen molar-refractivity contribution in [2.45, 2.75) is 55.0 Å². The number of fused-ring (bicyclic) bond motifs is 1. The van der Waals surface area contributed by atoms with E-state index in [-0.39, 0.29) is 11.6 Å². The molecule has 0 radical (unpaired) electrons. The van der Waals surface area contributed by atoms with Crippen molar-refractivity contribution in [3.05, 3.63) is 94.6 Å². The highest BCUT2D eigenvalue weighted by atomic mass is 32.2. The molecule has 4 nitrogen and oxygen atoms in total. The number of esters is 1. The number of halogens is 6. The molecule has 1 aliphatic rings. The molecule has 4 rings (SSSR count). The summed E-state index contributed by atoms with van der Waals surface area (Å²) in [5.74, 6) is 0.270. The summed E-state index contributed by atoms with van der Waals surface area (Å²) in [7, 11) is 1.45. The lowest BCUT2D eigenvalue weighted by Gasteiger charge is -2.25. The fourth-order valence-electron chi connectivity index (χ4n) is 4.22. The topological polar surface area (TPSA) is 44.8 Å². The van der Waals surface area contributed by atoms with E-state index in [1.54, 1.807) is 69.3 Å². The van der Waals surface area contributed by atoms with Crippen molar-refractivity contribution in [3.8, 4) is 11.5 Å². The molecule has 0 N–H and O–H groups in total. The molecule has 0 spiro atoms. The third-order valence-electron chi connectivity index (χ3n) is 6.01. The molecule has 0 fully saturated rings. The van der Waals surface area contributed by atoms with E-state index in [1.165, 1.54) is 13.2 Å². The largest absolute Gasteiger partial charge is 0.497 e. The van der Waals surface area contributed by atoms with Crippen molar-refractivity contribution in [2.24, 2.45) is 0 Å². The van der Waals surface area contributed by atoms with Crippen LogP contribution >= 0.6 is 11.8 Å². The molecule has 3 aromatic rings. The van der Waals surface area contributed by atoms with Crippen LogP contribution in [0, 0.1) is 0 Å². The van der Waals surface area contributed by atoms with Crippen molar-refractivity contribution in [3.63, 3.8) is 0 Å². The monoisotopic (exact) mass is 596 g/mol. The van der Waals surface area contributed by atoms with Crippen LogP contribution in [0.4, 0.5) is 26.3 Å². The summed E-state index contributed by atoms with van der Waals surface area (Å²) in [5, 5.41) is -1.01. The molecule has 2 atom stereocenters. The van der Waals surface area contributed by atoms with E-state index >= 15 is 0 Å². The Morgan fingerprint density at radius 1 is 0.829 bits per heavy atom. The Balaban J connectivity index is 1.68. The van der Waals surface area contributed by atoms with Gasteiger partial charge in [0, 0.05) is 16.5 Å². The number of alkyl halides is 6. The van der Waals surface area contributed by atoms with Gasteiger partial charge in [0.25, 0.3) is 0 Å². The highest BCUT2D eigenvalue weighted by Gasteiger charge is 2.44. The third-order valence-corrected chi connectivity index (χ3v) is 7.37. The van der Waals surface area contributed by atoms with Gasteiger partial charge in [0.05, 0.1) is 23.5 Å². The Morgan fingerprint density at radius 3 is 2.05 bits per heavy atom. The van der Waals surface area contributed by atoms with Crippen LogP contribution in [-0.2, 0) is 21.9 Å². The summed E-state index contributed by atoms with van der Waals surface area (Å²) >= 11 is 1.06. The van der Waals surface area contributed by atoms with Crippen molar-refractivity contribution in [1.29, 1.82) is 0 Å². The van der Waals surface area contributed by atoms with E-state index in [2.05, 4.69) is 0 Å². The highest BCUT2D eigenvalue weighted by Crippen LogP contribution is 2.57. The maximum atomic E-state index is 14.1. The average molecular weight is 597 g/mol. The van der Waals surface area contributed by atoms with E-state index in [1.807, 2.05) is 0 Å². The van der Waals surface area contributed by atoms with Gasteiger partial charge in [0.1, 0.15) is 23.2 Å². The Morgan fingerprint density at radius 2 is 1.46 bits per heavy atom. The Bertz CT molecular complexity index is 1440. The van der Waals surface area contributed by atoms with Gasteiger partial charge in [-0.05, 0) is 74.4 Å². The number of carbonyl (C=O) groups is 1. The fourth-order valence-corrected chi connectivity index (χ4v) is 5.66. The number of hydrogen-bond acceptors (Lipinski definition) is 5. The first kappa shape index (κ1) is 30.4. The van der Waals surface area contributed by atoms with Gasteiger partial charge in [-0.25, -0.2) is 4.79 Å². The third kappa shape index (κ3) is 7.38. The van der Waals surface area contributed by atoms with E-state index in [9.17, 15) is 31.1 Å². The van der Waals surface area contributed by atoms with Crippen LogP contribution in [0.5, 0.6) is 11.5 Å². The Hall–Kier alpha value is -3.60. The van der Waals surface area contributed by atoms with E-state index in [0.717, 1.165) is 17.8 Å². The predicted molar refractivity (Wildman–Crippen MR) is 143 cm³/mol. The average Bonchev–Trinajstić information content (AvgIpc) is 3.23. The smallest absolute Gasteiger partial charge is 0.416 e. The summed E-state index contributed by atoms with van der Waals surface area (Å²) in [6, 6.07) is 13.1. The molecule has 1 aliphatic heterocycles. The lowest BCUT2D eigenvalue weighted by Crippen LogP contribution is -2.22. The number of ether oxygens (including phenoxy) is 3. The van der Waals surface area contributed by atoms with Gasteiger partial charge in [0.2, 0.25) is 0 Å². The number of methoxy groups -OCH3 is 1. The summed E-state index contributed by atoms with van der Waals surface area (Å²) in [6.07, 6.45) is -8.10. The molecular weight excluding hydrogens is 570 g/mol. The van der Waals surface area contributed by atoms with Crippen molar-refractivity contribution in [2.75, 3.05) is 7.11 Å². The Kier molecular flexibility index (Phi) is 8.40. The first-order chi connectivity index (χ1) is 19.0. The molecule has 0 aliphatic carbocycles. The standard InChI is InChI=1S/C30H26F6O4S/c1-28(2,3)40-25(37)14-7-17-5-9-19(10-6-17)39-26-22-13-11-20(38-4)16-24(22)41-27(26)21-12-8-18(29(31,32)33)15-23(21)30(34,35)36/h5-16,26-27H,1-4H3/b14-7+. The zero-order chi connectivity index (χ0) is 30.2.